The van der Waals surface area contributed by atoms with E-state index in [0.717, 1.165) is 32.5 Å². The van der Waals surface area contributed by atoms with Gasteiger partial charge in [0, 0.05) is 19.1 Å². The zero-order valence-corrected chi connectivity index (χ0v) is 9.54. The summed E-state index contributed by atoms with van der Waals surface area (Å²) in [5.41, 5.74) is 0. The van der Waals surface area contributed by atoms with Gasteiger partial charge in [-0.15, -0.1) is 11.6 Å². The van der Waals surface area contributed by atoms with E-state index in [4.69, 9.17) is 20.9 Å². The van der Waals surface area contributed by atoms with Crippen LogP contribution in [0.1, 0.15) is 49.2 Å². The third-order valence-electron chi connectivity index (χ3n) is 2.67. The Labute approximate surface area is 93.9 Å². The molecule has 4 nitrogen and oxygen atoms in total. The highest BCUT2D eigenvalue weighted by atomic mass is 35.5. The summed E-state index contributed by atoms with van der Waals surface area (Å²) in [5, 5.41) is 3.77. The van der Waals surface area contributed by atoms with Crippen molar-refractivity contribution in [2.24, 2.45) is 0 Å². The third-order valence-corrected chi connectivity index (χ3v) is 3.17. The van der Waals surface area contributed by atoms with Gasteiger partial charge in [0.2, 0.25) is 5.89 Å². The van der Waals surface area contributed by atoms with Crippen molar-refractivity contribution in [1.29, 1.82) is 0 Å². The average molecular weight is 231 g/mol. The lowest BCUT2D eigenvalue weighted by atomic mass is 10.0. The summed E-state index contributed by atoms with van der Waals surface area (Å²) in [5.74, 6) is 1.67. The second kappa shape index (κ2) is 4.94. The quantitative estimate of drug-likeness (QED) is 0.749. The van der Waals surface area contributed by atoms with Crippen molar-refractivity contribution in [1.82, 2.24) is 10.1 Å². The van der Waals surface area contributed by atoms with Crippen molar-refractivity contribution in [3.8, 4) is 0 Å². The second-order valence-electron chi connectivity index (χ2n) is 3.75. The summed E-state index contributed by atoms with van der Waals surface area (Å²) >= 11 is 6.03. The van der Waals surface area contributed by atoms with Gasteiger partial charge in [-0.1, -0.05) is 12.1 Å². The van der Waals surface area contributed by atoms with Crippen LogP contribution < -0.4 is 0 Å². The van der Waals surface area contributed by atoms with Crippen LogP contribution in [0.15, 0.2) is 4.52 Å². The van der Waals surface area contributed by atoms with E-state index in [2.05, 4.69) is 10.1 Å². The average Bonchev–Trinajstić information content (AvgIpc) is 2.78. The molecule has 15 heavy (non-hydrogen) atoms. The van der Waals surface area contributed by atoms with Gasteiger partial charge in [0.1, 0.15) is 0 Å². The first-order valence-corrected chi connectivity index (χ1v) is 5.80. The van der Waals surface area contributed by atoms with Gasteiger partial charge in [0.15, 0.2) is 5.82 Å². The van der Waals surface area contributed by atoms with Crippen LogP contribution in [-0.4, -0.2) is 23.4 Å². The van der Waals surface area contributed by atoms with Crippen molar-refractivity contribution in [3.63, 3.8) is 0 Å². The maximum atomic E-state index is 6.03. The fourth-order valence-corrected chi connectivity index (χ4v) is 1.76. The molecule has 0 spiro atoms. The third kappa shape index (κ3) is 2.49. The fourth-order valence-electron chi connectivity index (χ4n) is 1.67. The minimum Gasteiger partial charge on any atom is -0.381 e. The summed E-state index contributed by atoms with van der Waals surface area (Å²) in [6, 6.07) is 0. The van der Waals surface area contributed by atoms with Gasteiger partial charge < -0.3 is 9.26 Å². The number of nitrogens with zero attached hydrogens (tertiary/aromatic N) is 2. The molecule has 1 aliphatic heterocycles. The summed E-state index contributed by atoms with van der Waals surface area (Å²) in [6.45, 7) is 3.56. The number of ether oxygens (including phenoxy) is 1. The van der Waals surface area contributed by atoms with Gasteiger partial charge in [-0.3, -0.25) is 0 Å². The Morgan fingerprint density at radius 3 is 2.87 bits per heavy atom. The van der Waals surface area contributed by atoms with Crippen molar-refractivity contribution in [2.75, 3.05) is 13.2 Å². The van der Waals surface area contributed by atoms with Crippen LogP contribution in [0.5, 0.6) is 0 Å². The van der Waals surface area contributed by atoms with Gasteiger partial charge in [0.05, 0.1) is 5.38 Å². The van der Waals surface area contributed by atoms with Crippen LogP contribution in [0, 0.1) is 0 Å². The van der Waals surface area contributed by atoms with E-state index in [0.29, 0.717) is 17.6 Å². The Bertz CT molecular complexity index is 310. The molecule has 5 heteroatoms. The molecule has 0 N–H and O–H groups in total. The summed E-state index contributed by atoms with van der Waals surface area (Å²) < 4.78 is 10.5. The number of hydrogen-bond donors (Lipinski definition) is 0. The molecule has 1 unspecified atom stereocenters. The molecule has 84 valence electrons. The second-order valence-corrected chi connectivity index (χ2v) is 4.28. The largest absolute Gasteiger partial charge is 0.381 e. The van der Waals surface area contributed by atoms with E-state index in [1.165, 1.54) is 0 Å². The van der Waals surface area contributed by atoms with Crippen molar-refractivity contribution in [2.45, 2.75) is 37.5 Å². The molecule has 1 aromatic heterocycles. The molecule has 1 aromatic rings. The highest BCUT2D eigenvalue weighted by Crippen LogP contribution is 2.28. The van der Waals surface area contributed by atoms with Gasteiger partial charge in [-0.05, 0) is 19.3 Å². The summed E-state index contributed by atoms with van der Waals surface area (Å²) in [4.78, 5) is 4.34. The predicted octanol–water partition coefficient (Wildman–Crippen LogP) is 2.65. The lowest BCUT2D eigenvalue weighted by Gasteiger charge is -2.17. The zero-order chi connectivity index (χ0) is 10.7. The van der Waals surface area contributed by atoms with E-state index < -0.39 is 0 Å². The lowest BCUT2D eigenvalue weighted by Crippen LogP contribution is -2.14. The van der Waals surface area contributed by atoms with E-state index in [1.807, 2.05) is 6.92 Å². The highest BCUT2D eigenvalue weighted by Gasteiger charge is 2.23. The Morgan fingerprint density at radius 2 is 2.20 bits per heavy atom. The van der Waals surface area contributed by atoms with E-state index in [9.17, 15) is 0 Å². The maximum Gasteiger partial charge on any atom is 0.229 e. The van der Waals surface area contributed by atoms with Crippen LogP contribution >= 0.6 is 11.6 Å². The molecule has 0 saturated carbocycles. The van der Waals surface area contributed by atoms with Gasteiger partial charge in [-0.2, -0.15) is 4.98 Å². The van der Waals surface area contributed by atoms with Crippen LogP contribution in [0.25, 0.3) is 0 Å². The predicted molar refractivity (Wildman–Crippen MR) is 56.0 cm³/mol. The van der Waals surface area contributed by atoms with Crippen molar-refractivity contribution < 1.29 is 9.26 Å². The molecule has 0 aromatic carbocycles. The van der Waals surface area contributed by atoms with Gasteiger partial charge >= 0.3 is 0 Å². The lowest BCUT2D eigenvalue weighted by molar-refractivity contribution is 0.0778. The molecule has 2 rings (SSSR count). The standard InChI is InChI=1S/C10H15ClN2O2/c1-2-8(11)9-12-10(15-13-9)7-3-5-14-6-4-7/h7-8H,2-6H2,1H3. The van der Waals surface area contributed by atoms with Gasteiger partial charge in [0.25, 0.3) is 0 Å². The summed E-state index contributed by atoms with van der Waals surface area (Å²) in [7, 11) is 0. The van der Waals surface area contributed by atoms with Crippen molar-refractivity contribution >= 4 is 11.6 Å². The molecule has 0 amide bonds. The maximum absolute atomic E-state index is 6.03. The normalized spacial score (nSPS) is 20.4. The SMILES string of the molecule is CCC(Cl)c1noc(C2CCOCC2)n1. The number of aromatic nitrogens is 2. The smallest absolute Gasteiger partial charge is 0.229 e. The van der Waals surface area contributed by atoms with Crippen LogP contribution in [0.3, 0.4) is 0 Å². The molecule has 0 bridgehead atoms. The first kappa shape index (κ1) is 10.9. The monoisotopic (exact) mass is 230 g/mol. The first-order chi connectivity index (χ1) is 7.31. The Hall–Kier alpha value is -0.610. The van der Waals surface area contributed by atoms with Crippen LogP contribution in [-0.2, 0) is 4.74 Å². The minimum absolute atomic E-state index is 0.137. The Kier molecular flexibility index (Phi) is 3.59. The van der Waals surface area contributed by atoms with Crippen LogP contribution in [0.4, 0.5) is 0 Å². The molecule has 0 radical (unpaired) electrons. The van der Waals surface area contributed by atoms with E-state index in [1.54, 1.807) is 0 Å². The molecule has 1 atom stereocenters. The molecular weight excluding hydrogens is 216 g/mol. The number of halogens is 1. The minimum atomic E-state index is -0.137. The topological polar surface area (TPSA) is 48.2 Å². The molecule has 2 heterocycles. The molecule has 0 aliphatic carbocycles. The fraction of sp³-hybridized carbons (Fsp3) is 0.800. The Balaban J connectivity index is 2.05. The van der Waals surface area contributed by atoms with Gasteiger partial charge in [-0.25, -0.2) is 0 Å². The Morgan fingerprint density at radius 1 is 1.47 bits per heavy atom. The molecule has 1 fully saturated rings. The molecule has 1 aliphatic rings. The molecular formula is C10H15ClN2O2. The van der Waals surface area contributed by atoms with E-state index >= 15 is 0 Å². The highest BCUT2D eigenvalue weighted by molar-refractivity contribution is 6.20. The number of alkyl halides is 1. The van der Waals surface area contributed by atoms with Crippen molar-refractivity contribution in [3.05, 3.63) is 11.7 Å². The number of rotatable bonds is 3. The molecule has 1 saturated heterocycles. The van der Waals surface area contributed by atoms with Crippen LogP contribution in [0.2, 0.25) is 0 Å². The first-order valence-electron chi connectivity index (χ1n) is 5.36. The summed E-state index contributed by atoms with van der Waals surface area (Å²) in [6.07, 6.45) is 2.73. The number of hydrogen-bond acceptors (Lipinski definition) is 4. The van der Waals surface area contributed by atoms with E-state index in [-0.39, 0.29) is 5.38 Å². The zero-order valence-electron chi connectivity index (χ0n) is 8.78.